The molecule has 2 unspecified atom stereocenters. The Bertz CT molecular complexity index is 759. The highest BCUT2D eigenvalue weighted by atomic mass is 32.1. The predicted octanol–water partition coefficient (Wildman–Crippen LogP) is 2.72. The number of likely N-dealkylation sites (tertiary alicyclic amines) is 1. The van der Waals surface area contributed by atoms with Crippen LogP contribution in [0, 0.1) is 5.92 Å². The van der Waals surface area contributed by atoms with Crippen LogP contribution in [0.2, 0.25) is 0 Å². The van der Waals surface area contributed by atoms with E-state index in [2.05, 4.69) is 9.97 Å². The van der Waals surface area contributed by atoms with E-state index in [4.69, 9.17) is 0 Å². The lowest BCUT2D eigenvalue weighted by molar-refractivity contribution is -0.140. The Morgan fingerprint density at radius 1 is 1.33 bits per heavy atom. The summed E-state index contributed by atoms with van der Waals surface area (Å²) in [6.07, 6.45) is 5.49. The number of hydrogen-bond acceptors (Lipinski definition) is 5. The van der Waals surface area contributed by atoms with E-state index < -0.39 is 0 Å². The molecule has 0 radical (unpaired) electrons. The second-order valence-corrected chi connectivity index (χ2v) is 7.30. The second kappa shape index (κ2) is 6.43. The fourth-order valence-electron chi connectivity index (χ4n) is 3.83. The Morgan fingerprint density at radius 3 is 3.08 bits per heavy atom. The standard InChI is InChI=1S/C18H19N3O2S/c22-16-7-9-21(15-6-3-4-13(15)16)17(23)10-12-11-24-18(20-12)14-5-1-2-8-19-14/h1-2,5,8,11,13,15H,3-4,6-7,9-10H2. The lowest BCUT2D eigenvalue weighted by atomic mass is 9.90. The first-order valence-electron chi connectivity index (χ1n) is 8.40. The molecule has 2 atom stereocenters. The normalized spacial score (nSPS) is 23.3. The average molecular weight is 341 g/mol. The monoisotopic (exact) mass is 341 g/mol. The molecule has 2 aliphatic rings. The summed E-state index contributed by atoms with van der Waals surface area (Å²) < 4.78 is 0. The van der Waals surface area contributed by atoms with E-state index in [1.165, 1.54) is 11.3 Å². The summed E-state index contributed by atoms with van der Waals surface area (Å²) in [6.45, 7) is 0.566. The van der Waals surface area contributed by atoms with E-state index in [9.17, 15) is 9.59 Å². The molecule has 3 heterocycles. The maximum Gasteiger partial charge on any atom is 0.228 e. The zero-order valence-corrected chi connectivity index (χ0v) is 14.2. The second-order valence-electron chi connectivity index (χ2n) is 6.44. The van der Waals surface area contributed by atoms with Crippen LogP contribution < -0.4 is 0 Å². The number of fused-ring (bicyclic) bond motifs is 1. The summed E-state index contributed by atoms with van der Waals surface area (Å²) in [5, 5.41) is 2.77. The summed E-state index contributed by atoms with van der Waals surface area (Å²) in [5.41, 5.74) is 1.62. The number of amides is 1. The highest BCUT2D eigenvalue weighted by Gasteiger charge is 2.41. The first kappa shape index (κ1) is 15.4. The Labute approximate surface area is 144 Å². The number of thiazole rings is 1. The number of nitrogens with zero attached hydrogens (tertiary/aromatic N) is 3. The molecule has 0 aromatic carbocycles. The van der Waals surface area contributed by atoms with Crippen molar-refractivity contribution in [2.75, 3.05) is 6.54 Å². The Morgan fingerprint density at radius 2 is 2.25 bits per heavy atom. The van der Waals surface area contributed by atoms with Gasteiger partial charge >= 0.3 is 0 Å². The maximum atomic E-state index is 12.7. The molecule has 1 aliphatic carbocycles. The van der Waals surface area contributed by atoms with E-state index in [0.29, 0.717) is 25.2 Å². The van der Waals surface area contributed by atoms with Gasteiger partial charge in [0.05, 0.1) is 17.8 Å². The molecule has 1 aliphatic heterocycles. The van der Waals surface area contributed by atoms with Gasteiger partial charge in [0.25, 0.3) is 0 Å². The van der Waals surface area contributed by atoms with Crippen LogP contribution in [0.4, 0.5) is 0 Å². The third-order valence-corrected chi connectivity index (χ3v) is 5.89. The quantitative estimate of drug-likeness (QED) is 0.861. The maximum absolute atomic E-state index is 12.7. The smallest absolute Gasteiger partial charge is 0.228 e. The van der Waals surface area contributed by atoms with Crippen molar-refractivity contribution >= 4 is 23.0 Å². The first-order valence-corrected chi connectivity index (χ1v) is 9.28. The van der Waals surface area contributed by atoms with Crippen molar-refractivity contribution in [1.29, 1.82) is 0 Å². The molecule has 1 amide bonds. The van der Waals surface area contributed by atoms with Crippen LogP contribution in [0.1, 0.15) is 31.4 Å². The van der Waals surface area contributed by atoms with Crippen molar-refractivity contribution in [2.45, 2.75) is 38.1 Å². The molecule has 4 rings (SSSR count). The van der Waals surface area contributed by atoms with Crippen LogP contribution in [0.15, 0.2) is 29.8 Å². The van der Waals surface area contributed by atoms with Gasteiger partial charge in [-0.15, -0.1) is 11.3 Å². The molecule has 2 fully saturated rings. The molecule has 0 spiro atoms. The van der Waals surface area contributed by atoms with E-state index >= 15 is 0 Å². The molecule has 2 aromatic rings. The molecule has 6 heteroatoms. The molecule has 124 valence electrons. The molecule has 1 saturated carbocycles. The van der Waals surface area contributed by atoms with Gasteiger partial charge in [0.15, 0.2) is 0 Å². The van der Waals surface area contributed by atoms with Gasteiger partial charge in [0.2, 0.25) is 5.91 Å². The van der Waals surface area contributed by atoms with Gasteiger partial charge in [-0.1, -0.05) is 12.5 Å². The van der Waals surface area contributed by atoms with Gasteiger partial charge in [-0.25, -0.2) is 4.98 Å². The predicted molar refractivity (Wildman–Crippen MR) is 91.5 cm³/mol. The zero-order valence-electron chi connectivity index (χ0n) is 13.4. The van der Waals surface area contributed by atoms with Gasteiger partial charge in [-0.05, 0) is 25.0 Å². The SMILES string of the molecule is O=C1CCN(C(=O)Cc2csc(-c3ccccn3)n2)C2CCCC12. The lowest BCUT2D eigenvalue weighted by Crippen LogP contribution is -2.50. The number of aromatic nitrogens is 2. The van der Waals surface area contributed by atoms with Crippen molar-refractivity contribution in [3.8, 4) is 10.7 Å². The molecular formula is C18H19N3O2S. The fraction of sp³-hybridized carbons (Fsp3) is 0.444. The minimum atomic E-state index is 0.0715. The van der Waals surface area contributed by atoms with Gasteiger partial charge in [-0.2, -0.15) is 0 Å². The van der Waals surface area contributed by atoms with Crippen molar-refractivity contribution in [2.24, 2.45) is 5.92 Å². The number of carbonyl (C=O) groups excluding carboxylic acids is 2. The number of carbonyl (C=O) groups is 2. The molecule has 5 nitrogen and oxygen atoms in total. The number of ketones is 1. The summed E-state index contributed by atoms with van der Waals surface area (Å²) in [4.78, 5) is 35.5. The molecule has 2 aromatic heterocycles. The van der Waals surface area contributed by atoms with Crippen molar-refractivity contribution in [1.82, 2.24) is 14.9 Å². The zero-order chi connectivity index (χ0) is 16.5. The minimum absolute atomic E-state index is 0.0715. The Hall–Kier alpha value is -2.08. The van der Waals surface area contributed by atoms with E-state index in [-0.39, 0.29) is 17.9 Å². The lowest BCUT2D eigenvalue weighted by Gasteiger charge is -2.36. The number of Topliss-reactive ketones (excluding diaryl/α,β-unsaturated/α-hetero) is 1. The first-order chi connectivity index (χ1) is 11.7. The van der Waals surface area contributed by atoms with Gasteiger partial charge in [0, 0.05) is 36.5 Å². The van der Waals surface area contributed by atoms with Crippen LogP contribution in [-0.2, 0) is 16.0 Å². The number of pyridine rings is 1. The number of rotatable bonds is 3. The molecule has 24 heavy (non-hydrogen) atoms. The minimum Gasteiger partial charge on any atom is -0.338 e. The largest absolute Gasteiger partial charge is 0.338 e. The number of piperidine rings is 1. The highest BCUT2D eigenvalue weighted by molar-refractivity contribution is 7.13. The van der Waals surface area contributed by atoms with E-state index in [1.54, 1.807) is 6.20 Å². The van der Waals surface area contributed by atoms with Gasteiger partial charge < -0.3 is 4.90 Å². The third-order valence-electron chi connectivity index (χ3n) is 4.98. The van der Waals surface area contributed by atoms with Crippen LogP contribution in [0.25, 0.3) is 10.7 Å². The third kappa shape index (κ3) is 2.86. The summed E-state index contributed by atoms with van der Waals surface area (Å²) in [6, 6.07) is 5.84. The summed E-state index contributed by atoms with van der Waals surface area (Å²) >= 11 is 1.51. The molecule has 1 saturated heterocycles. The van der Waals surface area contributed by atoms with Crippen LogP contribution >= 0.6 is 11.3 Å². The van der Waals surface area contributed by atoms with Crippen LogP contribution in [0.3, 0.4) is 0 Å². The topological polar surface area (TPSA) is 63.2 Å². The van der Waals surface area contributed by atoms with Crippen LogP contribution in [-0.4, -0.2) is 39.1 Å². The van der Waals surface area contributed by atoms with E-state index in [0.717, 1.165) is 35.7 Å². The number of hydrogen-bond donors (Lipinski definition) is 0. The highest BCUT2D eigenvalue weighted by Crippen LogP contribution is 2.35. The van der Waals surface area contributed by atoms with E-state index in [1.807, 2.05) is 28.5 Å². The Balaban J connectivity index is 1.47. The molecular weight excluding hydrogens is 322 g/mol. The summed E-state index contributed by atoms with van der Waals surface area (Å²) in [7, 11) is 0. The van der Waals surface area contributed by atoms with Gasteiger partial charge in [0.1, 0.15) is 10.8 Å². The van der Waals surface area contributed by atoms with Gasteiger partial charge in [-0.3, -0.25) is 14.6 Å². The average Bonchev–Trinajstić information content (AvgIpc) is 3.26. The summed E-state index contributed by atoms with van der Waals surface area (Å²) in [5.74, 6) is 0.507. The van der Waals surface area contributed by atoms with Crippen molar-refractivity contribution in [3.63, 3.8) is 0 Å². The Kier molecular flexibility index (Phi) is 4.14. The molecule has 0 N–H and O–H groups in total. The molecule has 0 bridgehead atoms. The fourth-order valence-corrected chi connectivity index (χ4v) is 4.63. The van der Waals surface area contributed by atoms with Crippen molar-refractivity contribution < 1.29 is 9.59 Å². The van der Waals surface area contributed by atoms with Crippen molar-refractivity contribution in [3.05, 3.63) is 35.5 Å². The van der Waals surface area contributed by atoms with Crippen LogP contribution in [0.5, 0.6) is 0 Å².